The first-order chi connectivity index (χ1) is 13.8. The minimum Gasteiger partial charge on any atom is -0.445 e. The molecule has 0 bridgehead atoms. The van der Waals surface area contributed by atoms with Crippen molar-refractivity contribution in [3.8, 4) is 0 Å². The topological polar surface area (TPSA) is 68.3 Å². The van der Waals surface area contributed by atoms with Gasteiger partial charge >= 0.3 is 5.97 Å². The largest absolute Gasteiger partial charge is 0.445 e. The minimum atomic E-state index is -1.28. The molecule has 1 aromatic heterocycles. The van der Waals surface area contributed by atoms with Crippen LogP contribution in [0.2, 0.25) is 5.02 Å². The van der Waals surface area contributed by atoms with Crippen LogP contribution in [0.25, 0.3) is 0 Å². The highest BCUT2D eigenvalue weighted by Crippen LogP contribution is 2.31. The number of halogens is 2. The highest BCUT2D eigenvalue weighted by Gasteiger charge is 2.42. The summed E-state index contributed by atoms with van der Waals surface area (Å²) in [5.74, 6) is -0.885. The molecular formula is C21H16BrClN2O3S. The highest BCUT2D eigenvalue weighted by atomic mass is 79.9. The van der Waals surface area contributed by atoms with Gasteiger partial charge in [-0.3, -0.25) is 10.1 Å². The Morgan fingerprint density at radius 2 is 2.14 bits per heavy atom. The molecule has 0 spiro atoms. The van der Waals surface area contributed by atoms with Crippen LogP contribution in [0.3, 0.4) is 0 Å². The van der Waals surface area contributed by atoms with E-state index in [9.17, 15) is 9.59 Å². The Kier molecular flexibility index (Phi) is 5.46. The zero-order valence-electron chi connectivity index (χ0n) is 15.4. The van der Waals surface area contributed by atoms with Crippen LogP contribution in [-0.4, -0.2) is 22.5 Å². The number of thiazole rings is 1. The van der Waals surface area contributed by atoms with Gasteiger partial charge in [-0.2, -0.15) is 0 Å². The number of nitrogens with one attached hydrogen (secondary N) is 1. The van der Waals surface area contributed by atoms with Gasteiger partial charge in [0, 0.05) is 28.4 Å². The van der Waals surface area contributed by atoms with Gasteiger partial charge in [0.15, 0.2) is 10.7 Å². The van der Waals surface area contributed by atoms with E-state index in [1.807, 2.05) is 30.3 Å². The standard InChI is InChI=1S/C21H16BrClN2O3S/c1-21(10-13-4-2-3-5-15(13)18(26)28-21)19(27)25-20-24-11-14(29-20)8-12-6-7-16(22)17(23)9-12/h2-7,9,11H,8,10H2,1H3,(H,24,25,27). The number of hydrogen-bond donors (Lipinski definition) is 1. The first-order valence-electron chi connectivity index (χ1n) is 8.85. The summed E-state index contributed by atoms with van der Waals surface area (Å²) in [6, 6.07) is 12.9. The number of cyclic esters (lactones) is 1. The number of carbonyl (C=O) groups is 2. The van der Waals surface area contributed by atoms with Gasteiger partial charge in [-0.05, 0) is 52.2 Å². The molecule has 1 atom stereocenters. The molecule has 2 heterocycles. The van der Waals surface area contributed by atoms with Crippen LogP contribution in [0.5, 0.6) is 0 Å². The Hall–Kier alpha value is -2.22. The maximum Gasteiger partial charge on any atom is 0.339 e. The van der Waals surface area contributed by atoms with Gasteiger partial charge in [0.25, 0.3) is 5.91 Å². The maximum absolute atomic E-state index is 12.9. The summed E-state index contributed by atoms with van der Waals surface area (Å²) in [7, 11) is 0. The van der Waals surface area contributed by atoms with Gasteiger partial charge in [-0.15, -0.1) is 11.3 Å². The second-order valence-corrected chi connectivity index (χ2v) is 9.34. The molecule has 1 unspecified atom stereocenters. The SMILES string of the molecule is CC1(C(=O)Nc2ncc(Cc3ccc(Br)c(Cl)c3)s2)Cc2ccccc2C(=O)O1. The first-order valence-corrected chi connectivity index (χ1v) is 10.8. The van der Waals surface area contributed by atoms with E-state index in [0.29, 0.717) is 28.6 Å². The predicted molar refractivity (Wildman–Crippen MR) is 117 cm³/mol. The highest BCUT2D eigenvalue weighted by molar-refractivity contribution is 9.10. The molecule has 1 aliphatic heterocycles. The van der Waals surface area contributed by atoms with Crippen molar-refractivity contribution in [3.05, 3.63) is 79.7 Å². The van der Waals surface area contributed by atoms with Gasteiger partial charge < -0.3 is 4.74 Å². The lowest BCUT2D eigenvalue weighted by Gasteiger charge is -2.32. The minimum absolute atomic E-state index is 0.316. The van der Waals surface area contributed by atoms with E-state index in [-0.39, 0.29) is 0 Å². The molecule has 0 aliphatic carbocycles. The number of anilines is 1. The van der Waals surface area contributed by atoms with E-state index in [0.717, 1.165) is 20.5 Å². The lowest BCUT2D eigenvalue weighted by atomic mass is 9.89. The molecule has 0 radical (unpaired) electrons. The summed E-state index contributed by atoms with van der Waals surface area (Å²) >= 11 is 10.9. The molecule has 1 amide bonds. The number of hydrogen-bond acceptors (Lipinski definition) is 5. The van der Waals surface area contributed by atoms with Crippen LogP contribution in [0.1, 0.15) is 33.3 Å². The Labute approximate surface area is 185 Å². The number of rotatable bonds is 4. The first kappa shape index (κ1) is 20.1. The summed E-state index contributed by atoms with van der Waals surface area (Å²) in [6.45, 7) is 1.62. The Balaban J connectivity index is 1.46. The van der Waals surface area contributed by atoms with Gasteiger partial charge in [-0.1, -0.05) is 35.9 Å². The monoisotopic (exact) mass is 490 g/mol. The zero-order chi connectivity index (χ0) is 20.6. The molecule has 148 valence electrons. The predicted octanol–water partition coefficient (Wildman–Crippen LogP) is 5.26. The van der Waals surface area contributed by atoms with Crippen molar-refractivity contribution in [3.63, 3.8) is 0 Å². The molecule has 29 heavy (non-hydrogen) atoms. The number of fused-ring (bicyclic) bond motifs is 1. The van der Waals surface area contributed by atoms with E-state index >= 15 is 0 Å². The summed E-state index contributed by atoms with van der Waals surface area (Å²) in [5.41, 5.74) is 1.07. The Morgan fingerprint density at radius 3 is 2.93 bits per heavy atom. The molecule has 8 heteroatoms. The van der Waals surface area contributed by atoms with Crippen molar-refractivity contribution in [2.75, 3.05) is 5.32 Å². The number of ether oxygens (including phenoxy) is 1. The summed E-state index contributed by atoms with van der Waals surface area (Å²) < 4.78 is 6.31. The fraction of sp³-hybridized carbons (Fsp3) is 0.190. The van der Waals surface area contributed by atoms with Gasteiger partial charge in [0.05, 0.1) is 10.6 Å². The summed E-state index contributed by atoms with van der Waals surface area (Å²) in [4.78, 5) is 30.4. The van der Waals surface area contributed by atoms with Crippen molar-refractivity contribution in [2.24, 2.45) is 0 Å². The quantitative estimate of drug-likeness (QED) is 0.506. The van der Waals surface area contributed by atoms with Crippen molar-refractivity contribution < 1.29 is 14.3 Å². The van der Waals surface area contributed by atoms with Gasteiger partial charge in [0.2, 0.25) is 0 Å². The Bertz CT molecular complexity index is 1120. The summed E-state index contributed by atoms with van der Waals surface area (Å²) in [5, 5.41) is 3.90. The number of nitrogens with zero attached hydrogens (tertiary/aromatic N) is 1. The van der Waals surface area contributed by atoms with Crippen molar-refractivity contribution in [1.29, 1.82) is 0 Å². The van der Waals surface area contributed by atoms with Crippen LogP contribution in [0.15, 0.2) is 53.1 Å². The van der Waals surface area contributed by atoms with E-state index in [4.69, 9.17) is 16.3 Å². The lowest BCUT2D eigenvalue weighted by Crippen LogP contribution is -2.48. The molecule has 4 rings (SSSR count). The number of benzene rings is 2. The van der Waals surface area contributed by atoms with Crippen LogP contribution < -0.4 is 5.32 Å². The molecule has 0 saturated carbocycles. The fourth-order valence-corrected chi connectivity index (χ4v) is 4.48. The third kappa shape index (κ3) is 4.22. The second-order valence-electron chi connectivity index (χ2n) is 6.97. The van der Waals surface area contributed by atoms with Crippen molar-refractivity contribution in [2.45, 2.75) is 25.4 Å². The number of carbonyl (C=O) groups excluding carboxylic acids is 2. The van der Waals surface area contributed by atoms with Crippen LogP contribution in [0.4, 0.5) is 5.13 Å². The van der Waals surface area contributed by atoms with E-state index < -0.39 is 17.5 Å². The third-order valence-electron chi connectivity index (χ3n) is 4.70. The molecule has 3 aromatic rings. The normalized spacial score (nSPS) is 18.1. The molecule has 2 aromatic carbocycles. The fourth-order valence-electron chi connectivity index (χ4n) is 3.19. The number of amides is 1. The lowest BCUT2D eigenvalue weighted by molar-refractivity contribution is -0.134. The van der Waals surface area contributed by atoms with Crippen LogP contribution in [0, 0.1) is 0 Å². The maximum atomic E-state index is 12.9. The zero-order valence-corrected chi connectivity index (χ0v) is 18.5. The third-order valence-corrected chi connectivity index (χ3v) is 6.84. The molecule has 1 N–H and O–H groups in total. The average molecular weight is 492 g/mol. The number of esters is 1. The summed E-state index contributed by atoms with van der Waals surface area (Å²) in [6.07, 6.45) is 2.69. The van der Waals surface area contributed by atoms with E-state index in [2.05, 4.69) is 26.2 Å². The average Bonchev–Trinajstić information content (AvgIpc) is 3.11. The Morgan fingerprint density at radius 1 is 1.34 bits per heavy atom. The smallest absolute Gasteiger partial charge is 0.339 e. The number of aromatic nitrogens is 1. The molecule has 0 saturated heterocycles. The molecule has 0 fully saturated rings. The molecule has 1 aliphatic rings. The van der Waals surface area contributed by atoms with E-state index in [1.54, 1.807) is 25.3 Å². The van der Waals surface area contributed by atoms with Crippen molar-refractivity contribution in [1.82, 2.24) is 4.98 Å². The van der Waals surface area contributed by atoms with Gasteiger partial charge in [0.1, 0.15) is 0 Å². The van der Waals surface area contributed by atoms with Gasteiger partial charge in [-0.25, -0.2) is 9.78 Å². The van der Waals surface area contributed by atoms with Crippen molar-refractivity contribution >= 4 is 55.9 Å². The van der Waals surface area contributed by atoms with Crippen LogP contribution in [-0.2, 0) is 22.4 Å². The van der Waals surface area contributed by atoms with E-state index in [1.165, 1.54) is 11.3 Å². The second kappa shape index (κ2) is 7.89. The molecular weight excluding hydrogens is 476 g/mol. The molecule has 5 nitrogen and oxygen atoms in total. The van der Waals surface area contributed by atoms with Crippen LogP contribution >= 0.6 is 38.9 Å².